The number of esters is 1. The quantitative estimate of drug-likeness (QED) is 0.483. The fourth-order valence-electron chi connectivity index (χ4n) is 3.52. The Balaban J connectivity index is 2.12. The molecular weight excluding hydrogens is 304 g/mol. The molecule has 0 saturated heterocycles. The lowest BCUT2D eigenvalue weighted by atomic mass is 9.90. The highest BCUT2D eigenvalue weighted by atomic mass is 16.5. The Morgan fingerprint density at radius 1 is 1.21 bits per heavy atom. The Labute approximate surface area is 145 Å². The summed E-state index contributed by atoms with van der Waals surface area (Å²) in [6, 6.07) is 0. The maximum Gasteiger partial charge on any atom is 0.306 e. The first-order valence-corrected chi connectivity index (χ1v) is 9.35. The third-order valence-corrected chi connectivity index (χ3v) is 4.97. The molecule has 134 valence electrons. The summed E-state index contributed by atoms with van der Waals surface area (Å²) in [5, 5.41) is 10.2. The summed E-state index contributed by atoms with van der Waals surface area (Å²) in [6.07, 6.45) is 14.0. The summed E-state index contributed by atoms with van der Waals surface area (Å²) in [6.45, 7) is 2.14. The van der Waals surface area contributed by atoms with E-state index in [0.29, 0.717) is 12.8 Å². The molecule has 0 radical (unpaired) electrons. The summed E-state index contributed by atoms with van der Waals surface area (Å²) in [5.41, 5.74) is 0. The van der Waals surface area contributed by atoms with Gasteiger partial charge in [0.2, 0.25) is 0 Å². The van der Waals surface area contributed by atoms with E-state index < -0.39 is 6.10 Å². The van der Waals surface area contributed by atoms with Gasteiger partial charge in [0.15, 0.2) is 0 Å². The minimum Gasteiger partial charge on any atom is -0.458 e. The first-order chi connectivity index (χ1) is 11.6. The van der Waals surface area contributed by atoms with Gasteiger partial charge >= 0.3 is 5.97 Å². The van der Waals surface area contributed by atoms with E-state index in [2.05, 4.69) is 6.92 Å². The van der Waals surface area contributed by atoms with Crippen LogP contribution in [0.3, 0.4) is 0 Å². The van der Waals surface area contributed by atoms with Gasteiger partial charge in [-0.3, -0.25) is 9.59 Å². The molecule has 4 atom stereocenters. The van der Waals surface area contributed by atoms with Gasteiger partial charge in [0.25, 0.3) is 0 Å². The van der Waals surface area contributed by atoms with Gasteiger partial charge in [-0.2, -0.15) is 0 Å². The van der Waals surface area contributed by atoms with Gasteiger partial charge in [-0.1, -0.05) is 38.0 Å². The lowest BCUT2D eigenvalue weighted by molar-refractivity contribution is -0.147. The van der Waals surface area contributed by atoms with E-state index in [9.17, 15) is 14.7 Å². The minimum absolute atomic E-state index is 0.0576. The van der Waals surface area contributed by atoms with Gasteiger partial charge in [-0.15, -0.1) is 0 Å². The number of carbonyl (C=O) groups excluding carboxylic acids is 2. The highest BCUT2D eigenvalue weighted by Gasteiger charge is 2.39. The van der Waals surface area contributed by atoms with E-state index in [0.717, 1.165) is 38.5 Å². The van der Waals surface area contributed by atoms with E-state index >= 15 is 0 Å². The number of rotatable bonds is 4. The predicted molar refractivity (Wildman–Crippen MR) is 93.4 cm³/mol. The standard InChI is InChI=1S/C20H30O4/c1-2-3-6-9-15-12-13-17-16(18(21)14-19(17)22)10-7-4-5-8-11-20(23)24-15/h4,7,12-13,15-18,21H,2-3,5-6,8-11,14H2,1H3/b7-4-,13-12-/t15-,16+,17+,18-/m0/s1. The second-order valence-corrected chi connectivity index (χ2v) is 6.94. The Morgan fingerprint density at radius 2 is 2.04 bits per heavy atom. The number of ether oxygens (including phenoxy) is 1. The summed E-state index contributed by atoms with van der Waals surface area (Å²) < 4.78 is 5.60. The fourth-order valence-corrected chi connectivity index (χ4v) is 3.52. The Bertz CT molecular complexity index is 480. The summed E-state index contributed by atoms with van der Waals surface area (Å²) >= 11 is 0. The zero-order chi connectivity index (χ0) is 17.4. The van der Waals surface area contributed by atoms with Crippen molar-refractivity contribution in [2.45, 2.75) is 76.9 Å². The summed E-state index contributed by atoms with van der Waals surface area (Å²) in [5.74, 6) is -0.399. The van der Waals surface area contributed by atoms with Crippen LogP contribution in [0.1, 0.15) is 64.7 Å². The van der Waals surface area contributed by atoms with E-state index in [1.54, 1.807) is 0 Å². The Morgan fingerprint density at radius 3 is 2.83 bits per heavy atom. The van der Waals surface area contributed by atoms with E-state index in [4.69, 9.17) is 4.74 Å². The van der Waals surface area contributed by atoms with Crippen LogP contribution in [0.2, 0.25) is 0 Å². The number of unbranched alkanes of at least 4 members (excludes halogenated alkanes) is 2. The molecule has 0 bridgehead atoms. The van der Waals surface area contributed by atoms with Crippen molar-refractivity contribution in [2.75, 3.05) is 0 Å². The topological polar surface area (TPSA) is 63.6 Å². The Hall–Kier alpha value is -1.42. The number of hydrogen-bond donors (Lipinski definition) is 1. The van der Waals surface area contributed by atoms with E-state index in [1.165, 1.54) is 0 Å². The third-order valence-electron chi connectivity index (χ3n) is 4.97. The largest absolute Gasteiger partial charge is 0.458 e. The van der Waals surface area contributed by atoms with Gasteiger partial charge in [-0.05, 0) is 38.2 Å². The van der Waals surface area contributed by atoms with Crippen LogP contribution in [0.15, 0.2) is 24.3 Å². The molecule has 1 heterocycles. The van der Waals surface area contributed by atoms with Crippen molar-refractivity contribution in [1.29, 1.82) is 0 Å². The Kier molecular flexibility index (Phi) is 7.70. The summed E-state index contributed by atoms with van der Waals surface area (Å²) in [4.78, 5) is 24.2. The van der Waals surface area contributed by atoms with Crippen molar-refractivity contribution in [3.8, 4) is 0 Å². The maximum absolute atomic E-state index is 12.2. The average molecular weight is 334 g/mol. The number of ketones is 1. The first-order valence-electron chi connectivity index (χ1n) is 9.35. The van der Waals surface area contributed by atoms with Crippen LogP contribution in [0.5, 0.6) is 0 Å². The van der Waals surface area contributed by atoms with Crippen molar-refractivity contribution in [3.05, 3.63) is 24.3 Å². The monoisotopic (exact) mass is 334 g/mol. The normalized spacial score (nSPS) is 34.4. The number of carbonyl (C=O) groups is 2. The molecule has 2 aliphatic rings. The number of cyclic esters (lactones) is 1. The second kappa shape index (κ2) is 9.77. The van der Waals surface area contributed by atoms with E-state index in [-0.39, 0.29) is 36.1 Å². The van der Waals surface area contributed by atoms with Crippen LogP contribution in [-0.2, 0) is 14.3 Å². The number of fused-ring (bicyclic) bond motifs is 1. The number of allylic oxidation sites excluding steroid dienone is 3. The van der Waals surface area contributed by atoms with Gasteiger partial charge in [0.1, 0.15) is 11.9 Å². The molecule has 1 aliphatic heterocycles. The van der Waals surface area contributed by atoms with Gasteiger partial charge < -0.3 is 9.84 Å². The lowest BCUT2D eigenvalue weighted by Gasteiger charge is -2.18. The second-order valence-electron chi connectivity index (χ2n) is 6.94. The van der Waals surface area contributed by atoms with Crippen molar-refractivity contribution in [2.24, 2.45) is 11.8 Å². The lowest BCUT2D eigenvalue weighted by Crippen LogP contribution is -2.20. The molecule has 1 aliphatic carbocycles. The van der Waals surface area contributed by atoms with Crippen LogP contribution < -0.4 is 0 Å². The third kappa shape index (κ3) is 5.59. The summed E-state index contributed by atoms with van der Waals surface area (Å²) in [7, 11) is 0. The number of hydrogen-bond acceptors (Lipinski definition) is 4. The van der Waals surface area contributed by atoms with E-state index in [1.807, 2.05) is 24.3 Å². The zero-order valence-electron chi connectivity index (χ0n) is 14.7. The maximum atomic E-state index is 12.2. The smallest absolute Gasteiger partial charge is 0.306 e. The molecule has 0 spiro atoms. The van der Waals surface area contributed by atoms with Crippen molar-refractivity contribution >= 4 is 11.8 Å². The number of aliphatic hydroxyl groups is 1. The van der Waals surface area contributed by atoms with Crippen molar-refractivity contribution < 1.29 is 19.4 Å². The molecular formula is C20H30O4. The van der Waals surface area contributed by atoms with Crippen LogP contribution in [-0.4, -0.2) is 29.1 Å². The SMILES string of the molecule is CCCCC[C@H]1/C=C\[C@H]2C(=O)C[C@H](O)[C@@H]2C/C=C\CCCC(=O)O1. The molecule has 0 aromatic heterocycles. The average Bonchev–Trinajstić information content (AvgIpc) is 2.81. The molecule has 4 nitrogen and oxygen atoms in total. The zero-order valence-corrected chi connectivity index (χ0v) is 14.7. The molecule has 0 unspecified atom stereocenters. The number of Topliss-reactive ketones (excluding diaryl/α,β-unsaturated/α-hetero) is 1. The molecule has 1 saturated carbocycles. The van der Waals surface area contributed by atoms with Crippen LogP contribution in [0.4, 0.5) is 0 Å². The minimum atomic E-state index is -0.567. The van der Waals surface area contributed by atoms with Crippen molar-refractivity contribution in [1.82, 2.24) is 0 Å². The fraction of sp³-hybridized carbons (Fsp3) is 0.700. The molecule has 24 heavy (non-hydrogen) atoms. The molecule has 1 fully saturated rings. The number of aliphatic hydroxyl groups excluding tert-OH is 1. The molecule has 0 aromatic carbocycles. The van der Waals surface area contributed by atoms with Gasteiger partial charge in [0.05, 0.1) is 6.10 Å². The molecule has 0 aromatic rings. The van der Waals surface area contributed by atoms with Crippen molar-refractivity contribution in [3.63, 3.8) is 0 Å². The molecule has 2 rings (SSSR count). The predicted octanol–water partition coefficient (Wildman–Crippen LogP) is 3.73. The van der Waals surface area contributed by atoms with Crippen LogP contribution in [0.25, 0.3) is 0 Å². The van der Waals surface area contributed by atoms with Gasteiger partial charge in [-0.25, -0.2) is 0 Å². The molecule has 0 amide bonds. The highest BCUT2D eigenvalue weighted by molar-refractivity contribution is 5.86. The van der Waals surface area contributed by atoms with Crippen LogP contribution >= 0.6 is 0 Å². The molecule has 1 N–H and O–H groups in total. The highest BCUT2D eigenvalue weighted by Crippen LogP contribution is 2.33. The van der Waals surface area contributed by atoms with Gasteiger partial charge in [0, 0.05) is 24.7 Å². The van der Waals surface area contributed by atoms with Crippen LogP contribution in [0, 0.1) is 11.8 Å². The first kappa shape index (κ1) is 18.9. The molecule has 4 heteroatoms.